The van der Waals surface area contributed by atoms with Crippen LogP contribution in [-0.4, -0.2) is 34.6 Å². The molecule has 98 valence electrons. The van der Waals surface area contributed by atoms with Crippen LogP contribution in [-0.2, 0) is 0 Å². The molecule has 0 unspecified atom stereocenters. The van der Waals surface area contributed by atoms with E-state index >= 15 is 0 Å². The molecule has 4 heteroatoms. The maximum atomic E-state index is 12.3. The zero-order chi connectivity index (χ0) is 13.3. The fraction of sp³-hybridized carbons (Fsp3) is 0.500. The maximum absolute atomic E-state index is 12.3. The zero-order valence-corrected chi connectivity index (χ0v) is 12.3. The van der Waals surface area contributed by atoms with Crippen molar-refractivity contribution in [2.75, 3.05) is 13.1 Å². The van der Waals surface area contributed by atoms with E-state index in [4.69, 9.17) is 0 Å². The van der Waals surface area contributed by atoms with E-state index in [1.54, 1.807) is 0 Å². The Bertz CT molecular complexity index is 461. The highest BCUT2D eigenvalue weighted by molar-refractivity contribution is 9.10. The van der Waals surface area contributed by atoms with Gasteiger partial charge in [-0.1, -0.05) is 22.0 Å². The van der Waals surface area contributed by atoms with Crippen LogP contribution >= 0.6 is 15.9 Å². The molecule has 0 spiro atoms. The molecule has 1 amide bonds. The Labute approximate surface area is 116 Å². The molecule has 1 aromatic carbocycles. The van der Waals surface area contributed by atoms with Gasteiger partial charge in [-0.3, -0.25) is 4.79 Å². The fourth-order valence-corrected chi connectivity index (χ4v) is 2.48. The van der Waals surface area contributed by atoms with Crippen molar-refractivity contribution in [2.24, 2.45) is 0 Å². The minimum absolute atomic E-state index is 0.0474. The number of likely N-dealkylation sites (tertiary alicyclic amines) is 1. The monoisotopic (exact) mass is 311 g/mol. The summed E-state index contributed by atoms with van der Waals surface area (Å²) in [4.78, 5) is 14.1. The van der Waals surface area contributed by atoms with Crippen LogP contribution in [0.15, 0.2) is 22.7 Å². The Morgan fingerprint density at radius 3 is 2.56 bits per heavy atom. The summed E-state index contributed by atoms with van der Waals surface area (Å²) in [5.41, 5.74) is 1.20. The number of hydrogen-bond donors (Lipinski definition) is 1. The first-order chi connectivity index (χ1) is 8.39. The first-order valence-electron chi connectivity index (χ1n) is 6.17. The van der Waals surface area contributed by atoms with Crippen molar-refractivity contribution in [1.29, 1.82) is 0 Å². The molecule has 3 nitrogen and oxygen atoms in total. The molecule has 0 saturated carbocycles. The van der Waals surface area contributed by atoms with E-state index in [0.717, 1.165) is 10.0 Å². The van der Waals surface area contributed by atoms with E-state index in [1.807, 2.05) is 36.9 Å². The average molecular weight is 312 g/mol. The standard InChI is InChI=1S/C14H18BrNO2/c1-10-3-4-11(9-12(10)15)13(17)16-7-5-14(2,18)6-8-16/h3-4,9,18H,5-8H2,1-2H3. The van der Waals surface area contributed by atoms with Crippen LogP contribution in [0.25, 0.3) is 0 Å². The number of aryl methyl sites for hydroxylation is 1. The number of benzene rings is 1. The highest BCUT2D eigenvalue weighted by Gasteiger charge is 2.29. The minimum Gasteiger partial charge on any atom is -0.390 e. The Hall–Kier alpha value is -0.870. The number of aliphatic hydroxyl groups is 1. The molecule has 18 heavy (non-hydrogen) atoms. The lowest BCUT2D eigenvalue weighted by Crippen LogP contribution is -2.45. The van der Waals surface area contributed by atoms with Gasteiger partial charge in [0.2, 0.25) is 0 Å². The number of rotatable bonds is 1. The van der Waals surface area contributed by atoms with E-state index < -0.39 is 5.60 Å². The predicted molar refractivity (Wildman–Crippen MR) is 74.6 cm³/mol. The van der Waals surface area contributed by atoms with Crippen LogP contribution in [0.2, 0.25) is 0 Å². The summed E-state index contributed by atoms with van der Waals surface area (Å²) >= 11 is 3.45. The van der Waals surface area contributed by atoms with Gasteiger partial charge in [0.1, 0.15) is 0 Å². The van der Waals surface area contributed by atoms with Crippen molar-refractivity contribution in [3.63, 3.8) is 0 Å². The lowest BCUT2D eigenvalue weighted by atomic mass is 9.93. The molecule has 0 bridgehead atoms. The van der Waals surface area contributed by atoms with Crippen LogP contribution in [0.4, 0.5) is 0 Å². The van der Waals surface area contributed by atoms with Crippen LogP contribution < -0.4 is 0 Å². The summed E-state index contributed by atoms with van der Waals surface area (Å²) in [5.74, 6) is 0.0474. The van der Waals surface area contributed by atoms with Gasteiger partial charge in [-0.15, -0.1) is 0 Å². The Morgan fingerprint density at radius 2 is 2.00 bits per heavy atom. The molecule has 1 N–H and O–H groups in total. The number of halogens is 1. The smallest absolute Gasteiger partial charge is 0.253 e. The van der Waals surface area contributed by atoms with Gasteiger partial charge < -0.3 is 10.0 Å². The largest absolute Gasteiger partial charge is 0.390 e. The predicted octanol–water partition coefficient (Wildman–Crippen LogP) is 2.74. The molecule has 1 aliphatic rings. The highest BCUT2D eigenvalue weighted by atomic mass is 79.9. The number of nitrogens with zero attached hydrogens (tertiary/aromatic N) is 1. The van der Waals surface area contributed by atoms with Gasteiger partial charge in [-0.05, 0) is 44.4 Å². The normalized spacial score (nSPS) is 18.8. The third kappa shape index (κ3) is 2.93. The molecule has 1 aliphatic heterocycles. The van der Waals surface area contributed by atoms with E-state index in [9.17, 15) is 9.90 Å². The van der Waals surface area contributed by atoms with Crippen molar-refractivity contribution in [3.05, 3.63) is 33.8 Å². The molecule has 1 fully saturated rings. The van der Waals surface area contributed by atoms with E-state index in [1.165, 1.54) is 0 Å². The molecule has 1 heterocycles. The quantitative estimate of drug-likeness (QED) is 0.866. The van der Waals surface area contributed by atoms with Crippen molar-refractivity contribution in [1.82, 2.24) is 4.90 Å². The van der Waals surface area contributed by atoms with Gasteiger partial charge in [-0.2, -0.15) is 0 Å². The van der Waals surface area contributed by atoms with Gasteiger partial charge >= 0.3 is 0 Å². The first-order valence-corrected chi connectivity index (χ1v) is 6.96. The third-order valence-corrected chi connectivity index (χ3v) is 4.40. The fourth-order valence-electron chi connectivity index (χ4n) is 2.10. The number of carbonyl (C=O) groups excluding carboxylic acids is 1. The van der Waals surface area contributed by atoms with Crippen LogP contribution in [0.1, 0.15) is 35.7 Å². The van der Waals surface area contributed by atoms with Gasteiger partial charge in [-0.25, -0.2) is 0 Å². The summed E-state index contributed by atoms with van der Waals surface area (Å²) in [6, 6.07) is 5.66. The zero-order valence-electron chi connectivity index (χ0n) is 10.7. The maximum Gasteiger partial charge on any atom is 0.253 e. The third-order valence-electron chi connectivity index (χ3n) is 3.55. The average Bonchev–Trinajstić information content (AvgIpc) is 2.32. The number of piperidine rings is 1. The summed E-state index contributed by atoms with van der Waals surface area (Å²) in [7, 11) is 0. The Balaban J connectivity index is 2.10. The SMILES string of the molecule is Cc1ccc(C(=O)N2CCC(C)(O)CC2)cc1Br. The second-order valence-electron chi connectivity index (χ2n) is 5.25. The molecule has 1 aromatic rings. The molecule has 0 aromatic heterocycles. The summed E-state index contributed by atoms with van der Waals surface area (Å²) < 4.78 is 0.956. The first kappa shape index (κ1) is 13.6. The van der Waals surface area contributed by atoms with Crippen LogP contribution in [0, 0.1) is 6.92 Å². The molecule has 0 atom stereocenters. The minimum atomic E-state index is -0.620. The van der Waals surface area contributed by atoms with Crippen molar-refractivity contribution >= 4 is 21.8 Å². The molecular formula is C14H18BrNO2. The van der Waals surface area contributed by atoms with Crippen molar-refractivity contribution < 1.29 is 9.90 Å². The van der Waals surface area contributed by atoms with Crippen molar-refractivity contribution in [2.45, 2.75) is 32.3 Å². The van der Waals surface area contributed by atoms with Gasteiger partial charge in [0.25, 0.3) is 5.91 Å². The lowest BCUT2D eigenvalue weighted by molar-refractivity contribution is -0.00202. The topological polar surface area (TPSA) is 40.5 Å². The molecule has 0 radical (unpaired) electrons. The van der Waals surface area contributed by atoms with Gasteiger partial charge in [0, 0.05) is 23.1 Å². The number of hydrogen-bond acceptors (Lipinski definition) is 2. The van der Waals surface area contributed by atoms with E-state index in [0.29, 0.717) is 31.5 Å². The highest BCUT2D eigenvalue weighted by Crippen LogP contribution is 2.24. The summed E-state index contributed by atoms with van der Waals surface area (Å²) in [6.07, 6.45) is 1.29. The van der Waals surface area contributed by atoms with Gasteiger partial charge in [0.15, 0.2) is 0 Å². The second kappa shape index (κ2) is 5.02. The number of carbonyl (C=O) groups is 1. The van der Waals surface area contributed by atoms with E-state index in [-0.39, 0.29) is 5.91 Å². The Morgan fingerprint density at radius 1 is 1.39 bits per heavy atom. The molecule has 1 saturated heterocycles. The van der Waals surface area contributed by atoms with Crippen LogP contribution in [0.3, 0.4) is 0 Å². The summed E-state index contributed by atoms with van der Waals surface area (Å²) in [6.45, 7) is 5.07. The van der Waals surface area contributed by atoms with Gasteiger partial charge in [0.05, 0.1) is 5.60 Å². The molecular weight excluding hydrogens is 294 g/mol. The van der Waals surface area contributed by atoms with Crippen molar-refractivity contribution in [3.8, 4) is 0 Å². The Kier molecular flexibility index (Phi) is 3.78. The number of amides is 1. The molecule has 2 rings (SSSR count). The summed E-state index contributed by atoms with van der Waals surface area (Å²) in [5, 5.41) is 9.88. The van der Waals surface area contributed by atoms with Crippen LogP contribution in [0.5, 0.6) is 0 Å². The molecule has 0 aliphatic carbocycles. The van der Waals surface area contributed by atoms with E-state index in [2.05, 4.69) is 15.9 Å². The second-order valence-corrected chi connectivity index (χ2v) is 6.11. The lowest BCUT2D eigenvalue weighted by Gasteiger charge is -2.35.